The van der Waals surface area contributed by atoms with Gasteiger partial charge in [-0.25, -0.2) is 0 Å². The molecule has 3 rings (SSSR count). The van der Waals surface area contributed by atoms with Crippen molar-refractivity contribution in [1.82, 2.24) is 10.2 Å². The van der Waals surface area contributed by atoms with Gasteiger partial charge in [-0.15, -0.1) is 10.2 Å². The van der Waals surface area contributed by atoms with Gasteiger partial charge >= 0.3 is 0 Å². The zero-order chi connectivity index (χ0) is 13.2. The summed E-state index contributed by atoms with van der Waals surface area (Å²) in [6.45, 7) is 1.18. The molecule has 104 valence electrons. The van der Waals surface area contributed by atoms with Crippen LogP contribution in [-0.2, 0) is 17.8 Å². The predicted molar refractivity (Wildman–Crippen MR) is 72.3 cm³/mol. The molecule has 6 heteroatoms. The monoisotopic (exact) mass is 283 g/mol. The molecule has 1 fully saturated rings. The highest BCUT2D eigenvalue weighted by Gasteiger charge is 2.26. The lowest BCUT2D eigenvalue weighted by Gasteiger charge is -2.30. The molecule has 1 aromatic heterocycles. The van der Waals surface area contributed by atoms with Crippen molar-refractivity contribution in [2.24, 2.45) is 0 Å². The number of hydrogen-bond acceptors (Lipinski definition) is 5. The SMILES string of the molecule is O[C@@H]1CCCC[C@H]1Nc1nnc(Cl)c2c1COCC2. The first-order valence-electron chi connectivity index (χ1n) is 6.82. The second-order valence-electron chi connectivity index (χ2n) is 5.20. The normalized spacial score (nSPS) is 26.8. The van der Waals surface area contributed by atoms with Crippen LogP contribution in [0.3, 0.4) is 0 Å². The van der Waals surface area contributed by atoms with Gasteiger partial charge in [0.2, 0.25) is 0 Å². The van der Waals surface area contributed by atoms with Crippen LogP contribution in [0.15, 0.2) is 0 Å². The highest BCUT2D eigenvalue weighted by molar-refractivity contribution is 6.30. The van der Waals surface area contributed by atoms with E-state index in [1.54, 1.807) is 0 Å². The summed E-state index contributed by atoms with van der Waals surface area (Å²) >= 11 is 6.08. The van der Waals surface area contributed by atoms with Crippen LogP contribution < -0.4 is 5.32 Å². The van der Waals surface area contributed by atoms with Crippen LogP contribution in [0.2, 0.25) is 5.15 Å². The number of ether oxygens (including phenoxy) is 1. The van der Waals surface area contributed by atoms with Gasteiger partial charge in [0.1, 0.15) is 0 Å². The molecule has 19 heavy (non-hydrogen) atoms. The van der Waals surface area contributed by atoms with E-state index in [1.807, 2.05) is 0 Å². The van der Waals surface area contributed by atoms with Gasteiger partial charge < -0.3 is 15.2 Å². The summed E-state index contributed by atoms with van der Waals surface area (Å²) in [6, 6.07) is 0.0512. The summed E-state index contributed by atoms with van der Waals surface area (Å²) in [4.78, 5) is 0. The number of nitrogens with zero attached hydrogens (tertiary/aromatic N) is 2. The molecule has 0 bridgehead atoms. The third-order valence-electron chi connectivity index (χ3n) is 3.93. The Morgan fingerprint density at radius 3 is 2.89 bits per heavy atom. The van der Waals surface area contributed by atoms with Crippen molar-refractivity contribution < 1.29 is 9.84 Å². The van der Waals surface area contributed by atoms with Crippen LogP contribution in [0, 0.1) is 0 Å². The van der Waals surface area contributed by atoms with Gasteiger partial charge in [0.15, 0.2) is 11.0 Å². The predicted octanol–water partition coefficient (Wildman–Crippen LogP) is 1.92. The maximum atomic E-state index is 10.0. The molecule has 2 heterocycles. The van der Waals surface area contributed by atoms with E-state index >= 15 is 0 Å². The fourth-order valence-electron chi connectivity index (χ4n) is 2.81. The molecule has 1 aliphatic heterocycles. The van der Waals surface area contributed by atoms with E-state index in [0.29, 0.717) is 24.2 Å². The van der Waals surface area contributed by atoms with E-state index in [-0.39, 0.29) is 12.1 Å². The summed E-state index contributed by atoms with van der Waals surface area (Å²) in [5.74, 6) is 0.713. The number of rotatable bonds is 2. The van der Waals surface area contributed by atoms with E-state index < -0.39 is 0 Å². The molecule has 0 unspecified atom stereocenters. The third-order valence-corrected chi connectivity index (χ3v) is 4.24. The molecule has 0 saturated heterocycles. The Kier molecular flexibility index (Phi) is 3.86. The largest absolute Gasteiger partial charge is 0.391 e. The standard InChI is InChI=1S/C13H18ClN3O2/c14-12-8-5-6-19-7-9(8)13(17-16-12)15-10-3-1-2-4-11(10)18/h10-11,18H,1-7H2,(H,15,17)/t10-,11-/m1/s1. The Balaban J connectivity index is 1.84. The molecule has 1 saturated carbocycles. The number of anilines is 1. The van der Waals surface area contributed by atoms with E-state index in [4.69, 9.17) is 16.3 Å². The minimum atomic E-state index is -0.314. The van der Waals surface area contributed by atoms with Gasteiger partial charge in [-0.2, -0.15) is 0 Å². The average Bonchev–Trinajstić information content (AvgIpc) is 2.44. The van der Waals surface area contributed by atoms with E-state index in [1.165, 1.54) is 0 Å². The minimum absolute atomic E-state index is 0.0512. The van der Waals surface area contributed by atoms with Crippen molar-refractivity contribution in [3.05, 3.63) is 16.3 Å². The first-order valence-corrected chi connectivity index (χ1v) is 7.20. The summed E-state index contributed by atoms with van der Waals surface area (Å²) in [6.07, 6.45) is 4.48. The lowest BCUT2D eigenvalue weighted by molar-refractivity contribution is 0.108. The Morgan fingerprint density at radius 2 is 2.05 bits per heavy atom. The van der Waals surface area contributed by atoms with Crippen molar-refractivity contribution in [3.63, 3.8) is 0 Å². The molecule has 1 aromatic rings. The van der Waals surface area contributed by atoms with Crippen molar-refractivity contribution in [3.8, 4) is 0 Å². The van der Waals surface area contributed by atoms with Crippen LogP contribution in [0.25, 0.3) is 0 Å². The van der Waals surface area contributed by atoms with Crippen molar-refractivity contribution in [2.75, 3.05) is 11.9 Å². The van der Waals surface area contributed by atoms with E-state index in [0.717, 1.165) is 43.2 Å². The number of aliphatic hydroxyl groups excluding tert-OH is 1. The highest BCUT2D eigenvalue weighted by atomic mass is 35.5. The molecular formula is C13H18ClN3O2. The lowest BCUT2D eigenvalue weighted by Crippen LogP contribution is -2.37. The Bertz CT molecular complexity index is 469. The maximum Gasteiger partial charge on any atom is 0.155 e. The van der Waals surface area contributed by atoms with Gasteiger partial charge in [-0.05, 0) is 19.3 Å². The summed E-state index contributed by atoms with van der Waals surface area (Å²) < 4.78 is 5.48. The second kappa shape index (κ2) is 5.61. The molecule has 2 N–H and O–H groups in total. The zero-order valence-corrected chi connectivity index (χ0v) is 11.5. The molecule has 5 nitrogen and oxygen atoms in total. The quantitative estimate of drug-likeness (QED) is 0.868. The smallest absolute Gasteiger partial charge is 0.155 e. The van der Waals surface area contributed by atoms with Crippen LogP contribution in [0.4, 0.5) is 5.82 Å². The number of aliphatic hydroxyl groups is 1. The van der Waals surface area contributed by atoms with Gasteiger partial charge in [0.25, 0.3) is 0 Å². The summed E-state index contributed by atoms with van der Waals surface area (Å²) in [7, 11) is 0. The minimum Gasteiger partial charge on any atom is -0.391 e. The van der Waals surface area contributed by atoms with Crippen LogP contribution in [0.1, 0.15) is 36.8 Å². The molecule has 2 aliphatic rings. The van der Waals surface area contributed by atoms with Gasteiger partial charge in [-0.3, -0.25) is 0 Å². The number of fused-ring (bicyclic) bond motifs is 1. The highest BCUT2D eigenvalue weighted by Crippen LogP contribution is 2.29. The number of aromatic nitrogens is 2. The molecule has 0 radical (unpaired) electrons. The molecule has 0 aromatic carbocycles. The van der Waals surface area contributed by atoms with Gasteiger partial charge in [0, 0.05) is 11.1 Å². The molecular weight excluding hydrogens is 266 g/mol. The molecule has 0 amide bonds. The first-order chi connectivity index (χ1) is 9.25. The van der Waals surface area contributed by atoms with Crippen molar-refractivity contribution in [2.45, 2.75) is 50.9 Å². The molecule has 2 atom stereocenters. The first kappa shape index (κ1) is 13.1. The maximum absolute atomic E-state index is 10.0. The number of hydrogen-bond donors (Lipinski definition) is 2. The van der Waals surface area contributed by atoms with Gasteiger partial charge in [-0.1, -0.05) is 24.4 Å². The summed E-state index contributed by atoms with van der Waals surface area (Å²) in [5.41, 5.74) is 2.01. The Morgan fingerprint density at radius 1 is 1.21 bits per heavy atom. The third kappa shape index (κ3) is 2.68. The number of nitrogens with one attached hydrogen (secondary N) is 1. The topological polar surface area (TPSA) is 67.3 Å². The average molecular weight is 284 g/mol. The van der Waals surface area contributed by atoms with Crippen LogP contribution >= 0.6 is 11.6 Å². The van der Waals surface area contributed by atoms with Crippen molar-refractivity contribution >= 4 is 17.4 Å². The summed E-state index contributed by atoms with van der Waals surface area (Å²) in [5, 5.41) is 21.9. The Hall–Kier alpha value is -0.910. The second-order valence-corrected chi connectivity index (χ2v) is 5.56. The lowest BCUT2D eigenvalue weighted by atomic mass is 9.92. The van der Waals surface area contributed by atoms with Crippen LogP contribution in [0.5, 0.6) is 0 Å². The zero-order valence-electron chi connectivity index (χ0n) is 10.7. The molecule has 1 aliphatic carbocycles. The molecule has 0 spiro atoms. The fraction of sp³-hybridized carbons (Fsp3) is 0.692. The van der Waals surface area contributed by atoms with Crippen molar-refractivity contribution in [1.29, 1.82) is 0 Å². The Labute approximate surface area is 117 Å². The number of halogens is 1. The van der Waals surface area contributed by atoms with Crippen LogP contribution in [-0.4, -0.2) is 34.1 Å². The van der Waals surface area contributed by atoms with Gasteiger partial charge in [0.05, 0.1) is 25.4 Å². The van der Waals surface area contributed by atoms with E-state index in [2.05, 4.69) is 15.5 Å². The van der Waals surface area contributed by atoms with E-state index in [9.17, 15) is 5.11 Å². The fourth-order valence-corrected chi connectivity index (χ4v) is 3.06.